The lowest BCUT2D eigenvalue weighted by molar-refractivity contribution is 0.238. The molecule has 80 valence electrons. The smallest absolute Gasteiger partial charge is 0.126 e. The van der Waals surface area contributed by atoms with Gasteiger partial charge in [-0.3, -0.25) is 0 Å². The summed E-state index contributed by atoms with van der Waals surface area (Å²) in [6.07, 6.45) is 6.26. The van der Waals surface area contributed by atoms with E-state index in [1.165, 1.54) is 48.1 Å². The van der Waals surface area contributed by atoms with Crippen molar-refractivity contribution in [2.75, 3.05) is 6.54 Å². The average molecular weight is 203 g/mol. The fraction of sp³-hybridized carbons (Fsp3) is 0.538. The van der Waals surface area contributed by atoms with Crippen LogP contribution < -0.4 is 10.5 Å². The summed E-state index contributed by atoms with van der Waals surface area (Å²) < 4.78 is 5.93. The Balaban J connectivity index is 2.02. The van der Waals surface area contributed by atoms with Crippen LogP contribution in [0.1, 0.15) is 29.5 Å². The highest BCUT2D eigenvalue weighted by Gasteiger charge is 2.26. The predicted octanol–water partition coefficient (Wildman–Crippen LogP) is 1.83. The van der Waals surface area contributed by atoms with Crippen molar-refractivity contribution in [3.8, 4) is 5.75 Å². The van der Waals surface area contributed by atoms with Crippen LogP contribution in [0, 0.1) is 0 Å². The van der Waals surface area contributed by atoms with Crippen molar-refractivity contribution in [2.45, 2.75) is 38.2 Å². The summed E-state index contributed by atoms with van der Waals surface area (Å²) >= 11 is 0. The Morgan fingerprint density at radius 3 is 2.87 bits per heavy atom. The molecule has 1 aromatic rings. The maximum absolute atomic E-state index is 5.93. The highest BCUT2D eigenvalue weighted by Crippen LogP contribution is 2.37. The van der Waals surface area contributed by atoms with E-state index in [0.29, 0.717) is 6.54 Å². The summed E-state index contributed by atoms with van der Waals surface area (Å²) in [7, 11) is 0. The molecular formula is C13H17NO. The Kier molecular flexibility index (Phi) is 2.17. The molecule has 0 bridgehead atoms. The van der Waals surface area contributed by atoms with Gasteiger partial charge >= 0.3 is 0 Å². The third-order valence-electron chi connectivity index (χ3n) is 3.56. The van der Waals surface area contributed by atoms with Crippen molar-refractivity contribution < 1.29 is 4.74 Å². The van der Waals surface area contributed by atoms with Gasteiger partial charge in [0.15, 0.2) is 0 Å². The van der Waals surface area contributed by atoms with Gasteiger partial charge in [-0.1, -0.05) is 12.1 Å². The summed E-state index contributed by atoms with van der Waals surface area (Å²) in [5.41, 5.74) is 10.00. The van der Waals surface area contributed by atoms with Crippen LogP contribution in [0.2, 0.25) is 0 Å². The van der Waals surface area contributed by atoms with E-state index in [4.69, 9.17) is 10.5 Å². The minimum absolute atomic E-state index is 0.216. The zero-order valence-corrected chi connectivity index (χ0v) is 8.96. The van der Waals surface area contributed by atoms with E-state index in [1.807, 2.05) is 0 Å². The van der Waals surface area contributed by atoms with Gasteiger partial charge in [0, 0.05) is 13.0 Å². The van der Waals surface area contributed by atoms with Gasteiger partial charge in [-0.15, -0.1) is 0 Å². The number of ether oxygens (including phenoxy) is 1. The van der Waals surface area contributed by atoms with Gasteiger partial charge in [0.1, 0.15) is 11.9 Å². The maximum atomic E-state index is 5.93. The van der Waals surface area contributed by atoms with Crippen molar-refractivity contribution in [3.63, 3.8) is 0 Å². The average Bonchev–Trinajstić information content (AvgIpc) is 2.72. The molecule has 0 spiro atoms. The number of benzene rings is 1. The third kappa shape index (κ3) is 1.44. The molecule has 1 atom stereocenters. The van der Waals surface area contributed by atoms with Gasteiger partial charge in [0.2, 0.25) is 0 Å². The molecule has 0 fully saturated rings. The first-order valence-electron chi connectivity index (χ1n) is 5.89. The van der Waals surface area contributed by atoms with Crippen molar-refractivity contribution in [3.05, 3.63) is 28.8 Å². The molecule has 1 heterocycles. The number of fused-ring (bicyclic) bond motifs is 3. The number of hydrogen-bond donors (Lipinski definition) is 1. The Labute approximate surface area is 90.4 Å². The molecule has 1 unspecified atom stereocenters. The molecule has 0 saturated heterocycles. The largest absolute Gasteiger partial charge is 0.488 e. The molecule has 2 aliphatic rings. The SMILES string of the molecule is NCC1Cc2ccc3c(c2O1)CCCC3. The van der Waals surface area contributed by atoms with Crippen molar-refractivity contribution >= 4 is 0 Å². The van der Waals surface area contributed by atoms with Crippen molar-refractivity contribution in [1.29, 1.82) is 0 Å². The van der Waals surface area contributed by atoms with Gasteiger partial charge in [-0.2, -0.15) is 0 Å². The van der Waals surface area contributed by atoms with E-state index in [-0.39, 0.29) is 6.10 Å². The van der Waals surface area contributed by atoms with Crippen molar-refractivity contribution in [2.24, 2.45) is 5.73 Å². The molecule has 0 radical (unpaired) electrons. The van der Waals surface area contributed by atoms with Gasteiger partial charge in [0.05, 0.1) is 0 Å². The van der Waals surface area contributed by atoms with E-state index < -0.39 is 0 Å². The first kappa shape index (κ1) is 9.22. The van der Waals surface area contributed by atoms with Crippen LogP contribution in [0.5, 0.6) is 5.75 Å². The van der Waals surface area contributed by atoms with Crippen molar-refractivity contribution in [1.82, 2.24) is 0 Å². The lowest BCUT2D eigenvalue weighted by atomic mass is 9.89. The zero-order chi connectivity index (χ0) is 10.3. The molecule has 1 aliphatic carbocycles. The first-order chi connectivity index (χ1) is 7.38. The topological polar surface area (TPSA) is 35.2 Å². The second-order valence-corrected chi connectivity index (χ2v) is 4.58. The van der Waals surface area contributed by atoms with Crippen LogP contribution in [0.3, 0.4) is 0 Å². The van der Waals surface area contributed by atoms with Crippen LogP contribution in [0.25, 0.3) is 0 Å². The van der Waals surface area contributed by atoms with E-state index in [1.54, 1.807) is 0 Å². The van der Waals surface area contributed by atoms with Crippen LogP contribution in [0.15, 0.2) is 12.1 Å². The summed E-state index contributed by atoms with van der Waals surface area (Å²) in [6, 6.07) is 4.52. The third-order valence-corrected chi connectivity index (χ3v) is 3.56. The maximum Gasteiger partial charge on any atom is 0.126 e. The minimum Gasteiger partial charge on any atom is -0.488 e. The summed E-state index contributed by atoms with van der Waals surface area (Å²) in [4.78, 5) is 0. The minimum atomic E-state index is 0.216. The number of rotatable bonds is 1. The second-order valence-electron chi connectivity index (χ2n) is 4.58. The summed E-state index contributed by atoms with van der Waals surface area (Å²) in [6.45, 7) is 0.628. The van der Waals surface area contributed by atoms with E-state index in [2.05, 4.69) is 12.1 Å². The molecular weight excluding hydrogens is 186 g/mol. The fourth-order valence-electron chi connectivity index (χ4n) is 2.74. The lowest BCUT2D eigenvalue weighted by Gasteiger charge is -2.18. The molecule has 2 nitrogen and oxygen atoms in total. The summed E-state index contributed by atoms with van der Waals surface area (Å²) in [5, 5.41) is 0. The number of aryl methyl sites for hydroxylation is 1. The van der Waals surface area contributed by atoms with Crippen LogP contribution >= 0.6 is 0 Å². The van der Waals surface area contributed by atoms with E-state index in [0.717, 1.165) is 6.42 Å². The molecule has 15 heavy (non-hydrogen) atoms. The Bertz CT molecular complexity index is 386. The van der Waals surface area contributed by atoms with Gasteiger partial charge in [-0.25, -0.2) is 0 Å². The standard InChI is InChI=1S/C13H17NO/c14-8-11-7-10-6-5-9-3-1-2-4-12(9)13(10)15-11/h5-6,11H,1-4,7-8,14H2. The Hall–Kier alpha value is -1.02. The lowest BCUT2D eigenvalue weighted by Crippen LogP contribution is -2.24. The van der Waals surface area contributed by atoms with Gasteiger partial charge < -0.3 is 10.5 Å². The van der Waals surface area contributed by atoms with E-state index in [9.17, 15) is 0 Å². The van der Waals surface area contributed by atoms with Gasteiger partial charge in [0.25, 0.3) is 0 Å². The first-order valence-corrected chi connectivity index (χ1v) is 5.89. The predicted molar refractivity (Wildman–Crippen MR) is 60.3 cm³/mol. The molecule has 0 saturated carbocycles. The quantitative estimate of drug-likeness (QED) is 0.755. The number of nitrogens with two attached hydrogens (primary N) is 1. The monoisotopic (exact) mass is 203 g/mol. The second kappa shape index (κ2) is 3.53. The Morgan fingerprint density at radius 2 is 2.00 bits per heavy atom. The van der Waals surface area contributed by atoms with Crippen LogP contribution in [-0.2, 0) is 19.3 Å². The number of hydrogen-bond acceptors (Lipinski definition) is 2. The highest BCUT2D eigenvalue weighted by atomic mass is 16.5. The van der Waals surface area contributed by atoms with Crippen LogP contribution in [-0.4, -0.2) is 12.6 Å². The van der Waals surface area contributed by atoms with E-state index >= 15 is 0 Å². The normalized spacial score (nSPS) is 23.1. The molecule has 0 aromatic heterocycles. The zero-order valence-electron chi connectivity index (χ0n) is 8.96. The fourth-order valence-corrected chi connectivity index (χ4v) is 2.74. The molecule has 1 aromatic carbocycles. The molecule has 3 rings (SSSR count). The Morgan fingerprint density at radius 1 is 1.20 bits per heavy atom. The molecule has 2 heteroatoms. The molecule has 1 aliphatic heterocycles. The molecule has 2 N–H and O–H groups in total. The summed E-state index contributed by atoms with van der Waals surface area (Å²) in [5.74, 6) is 1.17. The highest BCUT2D eigenvalue weighted by molar-refractivity contribution is 5.50. The molecule has 0 amide bonds. The van der Waals surface area contributed by atoms with Gasteiger partial charge in [-0.05, 0) is 42.4 Å². The van der Waals surface area contributed by atoms with Crippen LogP contribution in [0.4, 0.5) is 0 Å².